The van der Waals surface area contributed by atoms with Crippen molar-refractivity contribution in [3.63, 3.8) is 0 Å². The lowest BCUT2D eigenvalue weighted by Gasteiger charge is -2.02. The molecule has 3 aromatic heterocycles. The summed E-state index contributed by atoms with van der Waals surface area (Å²) in [6.45, 7) is 0. The number of nitrogens with zero attached hydrogens (tertiary/aromatic N) is 6. The zero-order valence-electron chi connectivity index (χ0n) is 9.65. The van der Waals surface area contributed by atoms with Gasteiger partial charge in [0.15, 0.2) is 11.3 Å². The van der Waals surface area contributed by atoms with Crippen LogP contribution in [0, 0.1) is 0 Å². The van der Waals surface area contributed by atoms with Gasteiger partial charge in [-0.15, -0.1) is 0 Å². The van der Waals surface area contributed by atoms with Gasteiger partial charge >= 0.3 is 5.97 Å². The van der Waals surface area contributed by atoms with Crippen LogP contribution in [0.3, 0.4) is 0 Å². The van der Waals surface area contributed by atoms with E-state index in [1.807, 2.05) is 0 Å². The first-order valence-electron chi connectivity index (χ1n) is 5.21. The first kappa shape index (κ1) is 11.8. The van der Waals surface area contributed by atoms with Gasteiger partial charge in [0.1, 0.15) is 10.3 Å². The van der Waals surface area contributed by atoms with Gasteiger partial charge in [0, 0.05) is 13.1 Å². The van der Waals surface area contributed by atoms with Crippen LogP contribution < -0.4 is 0 Å². The average Bonchev–Trinajstić information content (AvgIpc) is 2.92. The maximum Gasteiger partial charge on any atom is 0.354 e. The Hall–Kier alpha value is -2.29. The molecule has 3 heterocycles. The molecule has 8 nitrogen and oxygen atoms in total. The second kappa shape index (κ2) is 4.12. The van der Waals surface area contributed by atoms with Crippen molar-refractivity contribution in [3.8, 4) is 11.4 Å². The Labute approximate surface area is 114 Å². The molecule has 3 rings (SSSR count). The topological polar surface area (TPSA) is 98.2 Å². The molecular formula is C10H7BrN6O2. The van der Waals surface area contributed by atoms with Gasteiger partial charge in [0.25, 0.3) is 0 Å². The van der Waals surface area contributed by atoms with Gasteiger partial charge < -0.3 is 5.11 Å². The molecule has 0 aromatic carbocycles. The number of hydrogen-bond donors (Lipinski definition) is 1. The Balaban J connectivity index is 2.34. The minimum atomic E-state index is -1.11. The highest BCUT2D eigenvalue weighted by atomic mass is 79.9. The maximum absolute atomic E-state index is 11.1. The van der Waals surface area contributed by atoms with Crippen LogP contribution in [0.15, 0.2) is 22.9 Å². The largest absolute Gasteiger partial charge is 0.477 e. The molecule has 0 spiro atoms. The Bertz CT molecular complexity index is 793. The molecule has 0 fully saturated rings. The van der Waals surface area contributed by atoms with E-state index >= 15 is 0 Å². The third-order valence-corrected chi connectivity index (χ3v) is 2.87. The lowest BCUT2D eigenvalue weighted by atomic mass is 10.2. The third-order valence-electron chi connectivity index (χ3n) is 2.48. The second-order valence-corrected chi connectivity index (χ2v) is 4.60. The number of carbonyl (C=O) groups is 1. The number of carboxylic acid groups (broad SMARTS) is 1. The molecule has 0 aliphatic rings. The predicted octanol–water partition coefficient (Wildman–Crippen LogP) is 0.985. The second-order valence-electron chi connectivity index (χ2n) is 3.79. The fourth-order valence-corrected chi connectivity index (χ4v) is 2.07. The Morgan fingerprint density at radius 1 is 1.37 bits per heavy atom. The van der Waals surface area contributed by atoms with Crippen molar-refractivity contribution in [3.05, 3.63) is 28.6 Å². The molecule has 0 unspecified atom stereocenters. The Morgan fingerprint density at radius 3 is 2.79 bits per heavy atom. The number of aryl methyl sites for hydroxylation is 1. The summed E-state index contributed by atoms with van der Waals surface area (Å²) >= 11 is 3.24. The molecule has 0 radical (unpaired) electrons. The number of hydrogen-bond acceptors (Lipinski definition) is 5. The number of aromatic carboxylic acids is 1. The van der Waals surface area contributed by atoms with Crippen molar-refractivity contribution in [2.45, 2.75) is 0 Å². The first-order valence-corrected chi connectivity index (χ1v) is 6.00. The van der Waals surface area contributed by atoms with Crippen LogP contribution in [0.1, 0.15) is 10.5 Å². The molecule has 0 saturated heterocycles. The average molecular weight is 323 g/mol. The molecular weight excluding hydrogens is 316 g/mol. The van der Waals surface area contributed by atoms with E-state index in [0.29, 0.717) is 21.6 Å². The standard InChI is InChI=1S/C10H7BrN6O2/c1-16-12-4-6(14-16)7-2-5(10(18)19)13-9-3-8(11)15-17(7)9/h2-4H,1H3,(H,18,19). The Morgan fingerprint density at radius 2 is 2.16 bits per heavy atom. The molecule has 0 saturated carbocycles. The smallest absolute Gasteiger partial charge is 0.354 e. The van der Waals surface area contributed by atoms with Gasteiger partial charge in [0.2, 0.25) is 0 Å². The number of carboxylic acids is 1. The quantitative estimate of drug-likeness (QED) is 0.755. The minimum Gasteiger partial charge on any atom is -0.477 e. The van der Waals surface area contributed by atoms with E-state index in [1.54, 1.807) is 13.1 Å². The summed E-state index contributed by atoms with van der Waals surface area (Å²) in [7, 11) is 1.68. The normalized spacial score (nSPS) is 11.1. The van der Waals surface area contributed by atoms with Gasteiger partial charge in [-0.2, -0.15) is 20.1 Å². The molecule has 0 amide bonds. The lowest BCUT2D eigenvalue weighted by Crippen LogP contribution is -2.05. The van der Waals surface area contributed by atoms with E-state index in [-0.39, 0.29) is 5.69 Å². The molecule has 0 aliphatic carbocycles. The van der Waals surface area contributed by atoms with E-state index < -0.39 is 5.97 Å². The highest BCUT2D eigenvalue weighted by Crippen LogP contribution is 2.20. The number of halogens is 1. The molecule has 96 valence electrons. The van der Waals surface area contributed by atoms with Crippen LogP contribution in [0.25, 0.3) is 17.0 Å². The minimum absolute atomic E-state index is 0.0689. The van der Waals surface area contributed by atoms with Gasteiger partial charge in [-0.05, 0) is 22.0 Å². The van der Waals surface area contributed by atoms with E-state index in [9.17, 15) is 4.79 Å². The van der Waals surface area contributed by atoms with Crippen molar-refractivity contribution < 1.29 is 9.90 Å². The van der Waals surface area contributed by atoms with Crippen LogP contribution in [0.2, 0.25) is 0 Å². The van der Waals surface area contributed by atoms with Crippen LogP contribution in [0.5, 0.6) is 0 Å². The van der Waals surface area contributed by atoms with Crippen LogP contribution in [-0.2, 0) is 7.05 Å². The highest BCUT2D eigenvalue weighted by molar-refractivity contribution is 9.10. The fourth-order valence-electron chi connectivity index (χ4n) is 1.70. The van der Waals surface area contributed by atoms with E-state index in [0.717, 1.165) is 0 Å². The van der Waals surface area contributed by atoms with Gasteiger partial charge in [-0.3, -0.25) is 0 Å². The number of fused-ring (bicyclic) bond motifs is 1. The van der Waals surface area contributed by atoms with Crippen molar-refractivity contribution in [1.29, 1.82) is 0 Å². The van der Waals surface area contributed by atoms with E-state index in [1.165, 1.54) is 21.6 Å². The summed E-state index contributed by atoms with van der Waals surface area (Å²) in [5.74, 6) is -1.11. The van der Waals surface area contributed by atoms with Crippen LogP contribution in [-0.4, -0.2) is 40.7 Å². The summed E-state index contributed by atoms with van der Waals surface area (Å²) in [5.41, 5.74) is 1.39. The van der Waals surface area contributed by atoms with Gasteiger partial charge in [-0.25, -0.2) is 14.3 Å². The van der Waals surface area contributed by atoms with Crippen LogP contribution >= 0.6 is 15.9 Å². The molecule has 0 aliphatic heterocycles. The summed E-state index contributed by atoms with van der Waals surface area (Å²) in [5, 5.41) is 21.4. The van der Waals surface area contributed by atoms with Crippen LogP contribution in [0.4, 0.5) is 0 Å². The summed E-state index contributed by atoms with van der Waals surface area (Å²) in [4.78, 5) is 16.5. The van der Waals surface area contributed by atoms with Gasteiger partial charge in [0.05, 0.1) is 11.9 Å². The molecule has 0 bridgehead atoms. The summed E-state index contributed by atoms with van der Waals surface area (Å²) in [6.07, 6.45) is 1.54. The molecule has 0 atom stereocenters. The summed E-state index contributed by atoms with van der Waals surface area (Å²) < 4.78 is 2.08. The number of aromatic nitrogens is 6. The maximum atomic E-state index is 11.1. The molecule has 9 heteroatoms. The van der Waals surface area contributed by atoms with E-state index in [2.05, 4.69) is 36.2 Å². The highest BCUT2D eigenvalue weighted by Gasteiger charge is 2.16. The molecule has 19 heavy (non-hydrogen) atoms. The fraction of sp³-hybridized carbons (Fsp3) is 0.100. The molecule has 3 aromatic rings. The SMILES string of the molecule is Cn1ncc(-c2cc(C(=O)O)nc3cc(Br)nn23)n1. The lowest BCUT2D eigenvalue weighted by molar-refractivity contribution is 0.0690. The van der Waals surface area contributed by atoms with E-state index in [4.69, 9.17) is 5.11 Å². The predicted molar refractivity (Wildman–Crippen MR) is 67.6 cm³/mol. The first-order chi connectivity index (χ1) is 9.04. The monoisotopic (exact) mass is 322 g/mol. The summed E-state index contributed by atoms with van der Waals surface area (Å²) in [6, 6.07) is 3.05. The van der Waals surface area contributed by atoms with Crippen molar-refractivity contribution in [2.24, 2.45) is 7.05 Å². The Kier molecular flexibility index (Phi) is 2.56. The zero-order chi connectivity index (χ0) is 13.6. The zero-order valence-corrected chi connectivity index (χ0v) is 11.2. The van der Waals surface area contributed by atoms with Crippen molar-refractivity contribution in [1.82, 2.24) is 29.6 Å². The number of rotatable bonds is 2. The van der Waals surface area contributed by atoms with Crippen molar-refractivity contribution >= 4 is 27.5 Å². The third kappa shape index (κ3) is 1.97. The van der Waals surface area contributed by atoms with Crippen molar-refractivity contribution in [2.75, 3.05) is 0 Å². The van der Waals surface area contributed by atoms with Gasteiger partial charge in [-0.1, -0.05) is 0 Å². The molecule has 1 N–H and O–H groups in total.